The van der Waals surface area contributed by atoms with E-state index in [1.165, 1.54) is 45.3 Å². The lowest BCUT2D eigenvalue weighted by Gasteiger charge is -2.32. The van der Waals surface area contributed by atoms with Gasteiger partial charge in [-0.05, 0) is 77.9 Å². The van der Waals surface area contributed by atoms with E-state index in [1.54, 1.807) is 0 Å². The quantitative estimate of drug-likeness (QED) is 0.860. The van der Waals surface area contributed by atoms with Gasteiger partial charge in [0.15, 0.2) is 5.69 Å². The first kappa shape index (κ1) is 18.9. The second kappa shape index (κ2) is 8.31. The standard InChI is InChI=1S/C21H34N4O2/c1-15-14-18-19(16(2)27-15)22-23-20(18)21(26)25-12-7-17(8-13-25)6-5-11-24-9-3-4-10-24/h15-17H,3-14H2,1-2H3,(H,22,23)/t15-,16+/m1/s1. The first-order chi connectivity index (χ1) is 13.1. The number of hydrogen-bond donors (Lipinski definition) is 1. The van der Waals surface area contributed by atoms with Gasteiger partial charge in [-0.1, -0.05) is 0 Å². The van der Waals surface area contributed by atoms with Crippen LogP contribution in [0.2, 0.25) is 0 Å². The lowest BCUT2D eigenvalue weighted by molar-refractivity contribution is -0.00703. The summed E-state index contributed by atoms with van der Waals surface area (Å²) in [5, 5.41) is 7.42. The number of carbonyl (C=O) groups is 1. The summed E-state index contributed by atoms with van der Waals surface area (Å²) >= 11 is 0. The molecule has 4 heterocycles. The van der Waals surface area contributed by atoms with Crippen LogP contribution in [0.15, 0.2) is 0 Å². The number of nitrogens with one attached hydrogen (secondary N) is 1. The van der Waals surface area contributed by atoms with Crippen molar-refractivity contribution in [3.05, 3.63) is 17.0 Å². The van der Waals surface area contributed by atoms with Crippen LogP contribution >= 0.6 is 0 Å². The number of aromatic nitrogens is 2. The van der Waals surface area contributed by atoms with Crippen molar-refractivity contribution < 1.29 is 9.53 Å². The second-order valence-electron chi connectivity index (χ2n) is 8.68. The fraction of sp³-hybridized carbons (Fsp3) is 0.810. The lowest BCUT2D eigenvalue weighted by Crippen LogP contribution is -2.39. The molecule has 4 rings (SSSR count). The minimum atomic E-state index is -0.0147. The van der Waals surface area contributed by atoms with Crippen molar-refractivity contribution in [3.63, 3.8) is 0 Å². The Morgan fingerprint density at radius 3 is 2.67 bits per heavy atom. The molecule has 27 heavy (non-hydrogen) atoms. The molecule has 6 heteroatoms. The van der Waals surface area contributed by atoms with E-state index in [0.29, 0.717) is 5.69 Å². The van der Waals surface area contributed by atoms with E-state index in [-0.39, 0.29) is 18.1 Å². The van der Waals surface area contributed by atoms with Crippen LogP contribution in [0.4, 0.5) is 0 Å². The minimum Gasteiger partial charge on any atom is -0.369 e. The average molecular weight is 375 g/mol. The monoisotopic (exact) mass is 374 g/mol. The molecule has 1 amide bonds. The Kier molecular flexibility index (Phi) is 5.83. The predicted molar refractivity (Wildman–Crippen MR) is 105 cm³/mol. The van der Waals surface area contributed by atoms with E-state index in [2.05, 4.69) is 22.0 Å². The Morgan fingerprint density at radius 2 is 1.93 bits per heavy atom. The van der Waals surface area contributed by atoms with Crippen LogP contribution in [0.1, 0.15) is 80.2 Å². The van der Waals surface area contributed by atoms with E-state index >= 15 is 0 Å². The van der Waals surface area contributed by atoms with Crippen LogP contribution in [0.5, 0.6) is 0 Å². The molecule has 0 unspecified atom stereocenters. The number of nitrogens with zero attached hydrogens (tertiary/aromatic N) is 3. The lowest BCUT2D eigenvalue weighted by atomic mass is 9.91. The van der Waals surface area contributed by atoms with Crippen molar-refractivity contribution in [3.8, 4) is 0 Å². The number of fused-ring (bicyclic) bond motifs is 1. The van der Waals surface area contributed by atoms with Gasteiger partial charge in [0.25, 0.3) is 5.91 Å². The fourth-order valence-electron chi connectivity index (χ4n) is 5.03. The van der Waals surface area contributed by atoms with Gasteiger partial charge in [-0.15, -0.1) is 0 Å². The number of rotatable bonds is 5. The highest BCUT2D eigenvalue weighted by Crippen LogP contribution is 2.31. The van der Waals surface area contributed by atoms with E-state index in [0.717, 1.165) is 49.5 Å². The molecule has 6 nitrogen and oxygen atoms in total. The molecule has 0 aromatic carbocycles. The Labute approximate surface area is 162 Å². The molecule has 2 saturated heterocycles. The maximum Gasteiger partial charge on any atom is 0.274 e. The van der Waals surface area contributed by atoms with Crippen LogP contribution in [-0.4, -0.2) is 64.7 Å². The highest BCUT2D eigenvalue weighted by molar-refractivity contribution is 5.94. The Bertz CT molecular complexity index is 645. The summed E-state index contributed by atoms with van der Waals surface area (Å²) in [6.45, 7) is 9.68. The smallest absolute Gasteiger partial charge is 0.274 e. The summed E-state index contributed by atoms with van der Waals surface area (Å²) < 4.78 is 5.84. The van der Waals surface area contributed by atoms with Crippen LogP contribution in [0.3, 0.4) is 0 Å². The van der Waals surface area contributed by atoms with Gasteiger partial charge in [0, 0.05) is 25.1 Å². The van der Waals surface area contributed by atoms with Crippen LogP contribution in [-0.2, 0) is 11.2 Å². The molecule has 0 spiro atoms. The van der Waals surface area contributed by atoms with Gasteiger partial charge in [0.1, 0.15) is 0 Å². The van der Waals surface area contributed by atoms with Crippen molar-refractivity contribution >= 4 is 5.91 Å². The molecular formula is C21H34N4O2. The molecule has 1 aromatic rings. The van der Waals surface area contributed by atoms with E-state index < -0.39 is 0 Å². The maximum absolute atomic E-state index is 13.0. The summed E-state index contributed by atoms with van der Waals surface area (Å²) in [7, 11) is 0. The first-order valence-corrected chi connectivity index (χ1v) is 10.9. The van der Waals surface area contributed by atoms with Crippen LogP contribution < -0.4 is 0 Å². The van der Waals surface area contributed by atoms with Crippen LogP contribution in [0, 0.1) is 5.92 Å². The van der Waals surface area contributed by atoms with E-state index in [4.69, 9.17) is 4.74 Å². The third-order valence-electron chi connectivity index (χ3n) is 6.62. The maximum atomic E-state index is 13.0. The highest BCUT2D eigenvalue weighted by atomic mass is 16.5. The largest absolute Gasteiger partial charge is 0.369 e. The van der Waals surface area contributed by atoms with Gasteiger partial charge in [0.05, 0.1) is 17.9 Å². The SMILES string of the molecule is C[C@@H]1Cc2c(C(=O)N3CCC(CCCN4CCCC4)CC3)n[nH]c2[C@H](C)O1. The molecule has 2 fully saturated rings. The molecule has 1 N–H and O–H groups in total. The minimum absolute atomic E-state index is 0.0147. The number of ether oxygens (including phenoxy) is 1. The normalized spacial score (nSPS) is 27.1. The fourth-order valence-corrected chi connectivity index (χ4v) is 5.03. The predicted octanol–water partition coefficient (Wildman–Crippen LogP) is 3.16. The molecule has 3 aliphatic rings. The molecule has 150 valence electrons. The van der Waals surface area contributed by atoms with Gasteiger partial charge >= 0.3 is 0 Å². The van der Waals surface area contributed by atoms with Gasteiger partial charge < -0.3 is 14.5 Å². The van der Waals surface area contributed by atoms with E-state index in [9.17, 15) is 4.79 Å². The van der Waals surface area contributed by atoms with Crippen LogP contribution in [0.25, 0.3) is 0 Å². The Hall–Kier alpha value is -1.40. The molecule has 0 radical (unpaired) electrons. The zero-order chi connectivity index (χ0) is 18.8. The number of piperidine rings is 1. The topological polar surface area (TPSA) is 61.5 Å². The van der Waals surface area contributed by atoms with Gasteiger partial charge in [-0.3, -0.25) is 9.89 Å². The van der Waals surface area contributed by atoms with Crippen molar-refractivity contribution in [1.82, 2.24) is 20.0 Å². The number of likely N-dealkylation sites (tertiary alicyclic amines) is 2. The summed E-state index contributed by atoms with van der Waals surface area (Å²) in [5.41, 5.74) is 2.67. The van der Waals surface area contributed by atoms with Gasteiger partial charge in [0.2, 0.25) is 0 Å². The zero-order valence-electron chi connectivity index (χ0n) is 16.9. The van der Waals surface area contributed by atoms with Crippen molar-refractivity contribution in [2.75, 3.05) is 32.7 Å². The molecule has 2 atom stereocenters. The zero-order valence-corrected chi connectivity index (χ0v) is 16.9. The van der Waals surface area contributed by atoms with Crippen molar-refractivity contribution in [1.29, 1.82) is 0 Å². The van der Waals surface area contributed by atoms with Gasteiger partial charge in [-0.2, -0.15) is 5.10 Å². The molecule has 3 aliphatic heterocycles. The first-order valence-electron chi connectivity index (χ1n) is 10.9. The third-order valence-corrected chi connectivity index (χ3v) is 6.62. The Balaban J connectivity index is 1.28. The number of amides is 1. The Morgan fingerprint density at radius 1 is 1.19 bits per heavy atom. The number of aromatic amines is 1. The molecule has 0 aliphatic carbocycles. The summed E-state index contributed by atoms with van der Waals surface area (Å²) in [6, 6.07) is 0. The molecular weight excluding hydrogens is 340 g/mol. The van der Waals surface area contributed by atoms with Crippen molar-refractivity contribution in [2.24, 2.45) is 5.92 Å². The summed E-state index contributed by atoms with van der Waals surface area (Å²) in [4.78, 5) is 17.7. The summed E-state index contributed by atoms with van der Waals surface area (Å²) in [6.07, 6.45) is 8.52. The third kappa shape index (κ3) is 4.21. The summed E-state index contributed by atoms with van der Waals surface area (Å²) in [5.74, 6) is 0.877. The molecule has 0 bridgehead atoms. The number of H-pyrrole nitrogens is 1. The second-order valence-corrected chi connectivity index (χ2v) is 8.68. The van der Waals surface area contributed by atoms with Crippen molar-refractivity contribution in [2.45, 2.75) is 71.0 Å². The number of hydrogen-bond acceptors (Lipinski definition) is 4. The number of carbonyl (C=O) groups excluding carboxylic acids is 1. The van der Waals surface area contributed by atoms with Gasteiger partial charge in [-0.25, -0.2) is 0 Å². The average Bonchev–Trinajstić information content (AvgIpc) is 3.31. The van der Waals surface area contributed by atoms with E-state index in [1.807, 2.05) is 11.8 Å². The molecule has 0 saturated carbocycles. The highest BCUT2D eigenvalue weighted by Gasteiger charge is 2.32. The molecule has 1 aromatic heterocycles.